The summed E-state index contributed by atoms with van der Waals surface area (Å²) in [5, 5.41) is 3.81. The average Bonchev–Trinajstić information content (AvgIpc) is 2.91. The molecule has 2 rings (SSSR count). The quantitative estimate of drug-likeness (QED) is 0.814. The van der Waals surface area contributed by atoms with Crippen molar-refractivity contribution in [2.24, 2.45) is 5.92 Å². The van der Waals surface area contributed by atoms with Gasteiger partial charge in [-0.2, -0.15) is 0 Å². The van der Waals surface area contributed by atoms with Gasteiger partial charge in [0.25, 0.3) is 0 Å². The van der Waals surface area contributed by atoms with Crippen LogP contribution >= 0.6 is 0 Å². The Bertz CT molecular complexity index is 247. The minimum Gasteiger partial charge on any atom is -0.381 e. The normalized spacial score (nSPS) is 32.8. The third kappa shape index (κ3) is 3.06. The molecular weight excluding hydrogens is 224 g/mol. The highest BCUT2D eigenvalue weighted by molar-refractivity contribution is 4.96. The van der Waals surface area contributed by atoms with E-state index in [0.29, 0.717) is 5.54 Å². The van der Waals surface area contributed by atoms with Crippen LogP contribution in [0.1, 0.15) is 46.5 Å². The van der Waals surface area contributed by atoms with Crippen molar-refractivity contribution in [3.8, 4) is 0 Å². The molecule has 0 aromatic rings. The average molecular weight is 254 g/mol. The zero-order chi connectivity index (χ0) is 13.0. The van der Waals surface area contributed by atoms with Gasteiger partial charge < -0.3 is 10.1 Å². The molecule has 0 amide bonds. The van der Waals surface area contributed by atoms with Crippen molar-refractivity contribution in [3.05, 3.63) is 0 Å². The number of piperazine rings is 1. The largest absolute Gasteiger partial charge is 0.381 e. The molecule has 2 saturated heterocycles. The van der Waals surface area contributed by atoms with Crippen LogP contribution in [0.15, 0.2) is 0 Å². The smallest absolute Gasteiger partial charge is 0.0507 e. The Morgan fingerprint density at radius 2 is 2.06 bits per heavy atom. The third-order valence-corrected chi connectivity index (χ3v) is 5.08. The Balaban J connectivity index is 1.97. The fourth-order valence-electron chi connectivity index (χ4n) is 3.44. The highest BCUT2D eigenvalue weighted by Crippen LogP contribution is 2.26. The predicted octanol–water partition coefficient (Wildman–Crippen LogP) is 2.27. The molecule has 2 unspecified atom stereocenters. The molecule has 0 radical (unpaired) electrons. The summed E-state index contributed by atoms with van der Waals surface area (Å²) in [5.41, 5.74) is 0.352. The highest BCUT2D eigenvalue weighted by atomic mass is 16.5. The Morgan fingerprint density at radius 3 is 2.61 bits per heavy atom. The summed E-state index contributed by atoms with van der Waals surface area (Å²) in [4.78, 5) is 2.74. The summed E-state index contributed by atoms with van der Waals surface area (Å²) < 4.78 is 5.53. The maximum Gasteiger partial charge on any atom is 0.0507 e. The van der Waals surface area contributed by atoms with Crippen LogP contribution < -0.4 is 5.32 Å². The third-order valence-electron chi connectivity index (χ3n) is 5.08. The van der Waals surface area contributed by atoms with Crippen molar-refractivity contribution in [1.82, 2.24) is 10.2 Å². The lowest BCUT2D eigenvalue weighted by molar-refractivity contribution is 0.0546. The van der Waals surface area contributed by atoms with Gasteiger partial charge in [-0.05, 0) is 31.6 Å². The van der Waals surface area contributed by atoms with Crippen LogP contribution in [0.4, 0.5) is 0 Å². The first kappa shape index (κ1) is 14.3. The molecule has 2 aliphatic rings. The monoisotopic (exact) mass is 254 g/mol. The number of hydrogen-bond donors (Lipinski definition) is 1. The minimum absolute atomic E-state index is 0.352. The summed E-state index contributed by atoms with van der Waals surface area (Å²) in [5.74, 6) is 0.767. The van der Waals surface area contributed by atoms with Gasteiger partial charge in [-0.3, -0.25) is 4.90 Å². The van der Waals surface area contributed by atoms with Gasteiger partial charge in [0.1, 0.15) is 0 Å². The molecule has 0 aliphatic carbocycles. The first-order chi connectivity index (χ1) is 8.73. The zero-order valence-corrected chi connectivity index (χ0v) is 12.4. The Morgan fingerprint density at radius 1 is 1.28 bits per heavy atom. The van der Waals surface area contributed by atoms with Gasteiger partial charge in [-0.25, -0.2) is 0 Å². The minimum atomic E-state index is 0.352. The lowest BCUT2D eigenvalue weighted by atomic mass is 9.87. The van der Waals surface area contributed by atoms with Crippen LogP contribution in [0.25, 0.3) is 0 Å². The summed E-state index contributed by atoms with van der Waals surface area (Å²) in [6, 6.07) is 0.719. The lowest BCUT2D eigenvalue weighted by Gasteiger charge is -2.48. The molecule has 2 atom stereocenters. The van der Waals surface area contributed by atoms with Gasteiger partial charge in [0.15, 0.2) is 0 Å². The number of nitrogens with zero attached hydrogens (tertiary/aromatic N) is 1. The van der Waals surface area contributed by atoms with Crippen LogP contribution in [0.3, 0.4) is 0 Å². The van der Waals surface area contributed by atoms with Crippen molar-refractivity contribution in [3.63, 3.8) is 0 Å². The summed E-state index contributed by atoms with van der Waals surface area (Å²) in [6.45, 7) is 12.5. The molecule has 0 saturated carbocycles. The molecule has 2 aliphatic heterocycles. The molecule has 3 heteroatoms. The van der Waals surface area contributed by atoms with Gasteiger partial charge in [0.05, 0.1) is 6.61 Å². The van der Waals surface area contributed by atoms with Crippen LogP contribution in [0.2, 0.25) is 0 Å². The highest BCUT2D eigenvalue weighted by Gasteiger charge is 2.37. The molecule has 3 nitrogen and oxygen atoms in total. The molecule has 2 fully saturated rings. The van der Waals surface area contributed by atoms with Crippen molar-refractivity contribution in [1.29, 1.82) is 0 Å². The fourth-order valence-corrected chi connectivity index (χ4v) is 3.44. The topological polar surface area (TPSA) is 24.5 Å². The number of nitrogens with one attached hydrogen (secondary N) is 1. The second kappa shape index (κ2) is 6.36. The van der Waals surface area contributed by atoms with Gasteiger partial charge >= 0.3 is 0 Å². The standard InChI is InChI=1S/C15H30N2O/c1-4-14-9-16-15(5-2,6-3)12-17(14)10-13-7-8-18-11-13/h13-14,16H,4-12H2,1-3H3. The molecule has 0 aromatic heterocycles. The van der Waals surface area contributed by atoms with Crippen LogP contribution in [-0.2, 0) is 4.74 Å². The van der Waals surface area contributed by atoms with E-state index in [-0.39, 0.29) is 0 Å². The van der Waals surface area contributed by atoms with Gasteiger partial charge in [-0.1, -0.05) is 20.8 Å². The SMILES string of the molecule is CCC1CNC(CC)(CC)CN1CC1CCOC1. The van der Waals surface area contributed by atoms with Gasteiger partial charge in [-0.15, -0.1) is 0 Å². The van der Waals surface area contributed by atoms with E-state index >= 15 is 0 Å². The second-order valence-electron chi connectivity index (χ2n) is 6.09. The number of hydrogen-bond acceptors (Lipinski definition) is 3. The summed E-state index contributed by atoms with van der Waals surface area (Å²) in [7, 11) is 0. The summed E-state index contributed by atoms with van der Waals surface area (Å²) >= 11 is 0. The van der Waals surface area contributed by atoms with E-state index in [4.69, 9.17) is 4.74 Å². The molecule has 0 spiro atoms. The Kier molecular flexibility index (Phi) is 5.05. The van der Waals surface area contributed by atoms with Crippen molar-refractivity contribution >= 4 is 0 Å². The molecule has 0 aromatic carbocycles. The first-order valence-electron chi connectivity index (χ1n) is 7.79. The van der Waals surface area contributed by atoms with Crippen LogP contribution in [0, 0.1) is 5.92 Å². The van der Waals surface area contributed by atoms with E-state index < -0.39 is 0 Å². The Labute approximate surface area is 112 Å². The van der Waals surface area contributed by atoms with Crippen LogP contribution in [0.5, 0.6) is 0 Å². The maximum absolute atomic E-state index is 5.53. The van der Waals surface area contributed by atoms with E-state index in [0.717, 1.165) is 31.7 Å². The van der Waals surface area contributed by atoms with Gasteiger partial charge in [0.2, 0.25) is 0 Å². The van der Waals surface area contributed by atoms with E-state index in [1.165, 1.54) is 38.8 Å². The molecule has 106 valence electrons. The Hall–Kier alpha value is -0.120. The molecule has 2 heterocycles. The number of ether oxygens (including phenoxy) is 1. The van der Waals surface area contributed by atoms with Gasteiger partial charge in [0, 0.05) is 37.8 Å². The predicted molar refractivity (Wildman–Crippen MR) is 75.9 cm³/mol. The first-order valence-corrected chi connectivity index (χ1v) is 7.79. The zero-order valence-electron chi connectivity index (χ0n) is 12.4. The van der Waals surface area contributed by atoms with Crippen molar-refractivity contribution in [2.75, 3.05) is 32.8 Å². The lowest BCUT2D eigenvalue weighted by Crippen LogP contribution is -2.64. The molecule has 0 bridgehead atoms. The van der Waals surface area contributed by atoms with E-state index in [1.54, 1.807) is 0 Å². The molecule has 18 heavy (non-hydrogen) atoms. The van der Waals surface area contributed by atoms with Crippen molar-refractivity contribution < 1.29 is 4.74 Å². The van der Waals surface area contributed by atoms with E-state index in [1.807, 2.05) is 0 Å². The van der Waals surface area contributed by atoms with Crippen molar-refractivity contribution in [2.45, 2.75) is 58.0 Å². The molecule has 1 N–H and O–H groups in total. The maximum atomic E-state index is 5.53. The summed E-state index contributed by atoms with van der Waals surface area (Å²) in [6.07, 6.45) is 4.98. The number of rotatable bonds is 5. The van der Waals surface area contributed by atoms with E-state index in [9.17, 15) is 0 Å². The second-order valence-corrected chi connectivity index (χ2v) is 6.09. The molecular formula is C15H30N2O. The fraction of sp³-hybridized carbons (Fsp3) is 1.00. The van der Waals surface area contributed by atoms with Crippen LogP contribution in [-0.4, -0.2) is 49.3 Å². The van der Waals surface area contributed by atoms with E-state index in [2.05, 4.69) is 31.0 Å².